The quantitative estimate of drug-likeness (QED) is 0.656. The molecule has 0 aromatic carbocycles. The third-order valence-electron chi connectivity index (χ3n) is 3.02. The molecule has 3 heteroatoms. The second-order valence-corrected chi connectivity index (χ2v) is 4.30. The van der Waals surface area contributed by atoms with Crippen LogP contribution in [0.4, 0.5) is 0 Å². The van der Waals surface area contributed by atoms with Gasteiger partial charge in [0, 0.05) is 24.7 Å². The topological polar surface area (TPSA) is 33.3 Å². The Morgan fingerprint density at radius 1 is 1.31 bits per heavy atom. The Balaban J connectivity index is 1.73. The normalized spacial score (nSPS) is 40.8. The first-order valence-corrected chi connectivity index (χ1v) is 5.42. The van der Waals surface area contributed by atoms with Crippen LogP contribution in [0.1, 0.15) is 26.2 Å². The summed E-state index contributed by atoms with van der Waals surface area (Å²) in [5, 5.41) is 7.15. The van der Waals surface area contributed by atoms with Crippen molar-refractivity contribution in [2.45, 2.75) is 44.3 Å². The molecule has 0 aliphatic carbocycles. The molecule has 3 nitrogen and oxygen atoms in total. The SMILES string of the molecule is C[C@@H]1C[C@H](N[C@@H]2CCOC2)CCN1. The van der Waals surface area contributed by atoms with Gasteiger partial charge in [-0.15, -0.1) is 0 Å². The Hall–Kier alpha value is -0.120. The predicted molar refractivity (Wildman–Crippen MR) is 52.8 cm³/mol. The van der Waals surface area contributed by atoms with Gasteiger partial charge >= 0.3 is 0 Å². The van der Waals surface area contributed by atoms with E-state index in [0.717, 1.165) is 19.8 Å². The average Bonchev–Trinajstić information content (AvgIpc) is 2.57. The molecule has 0 saturated carbocycles. The Bertz CT molecular complexity index is 157. The summed E-state index contributed by atoms with van der Waals surface area (Å²) >= 11 is 0. The summed E-state index contributed by atoms with van der Waals surface area (Å²) in [5.41, 5.74) is 0. The monoisotopic (exact) mass is 184 g/mol. The minimum absolute atomic E-state index is 0.621. The Kier molecular flexibility index (Phi) is 3.19. The molecule has 0 aromatic heterocycles. The van der Waals surface area contributed by atoms with Crippen molar-refractivity contribution in [3.8, 4) is 0 Å². The Labute approximate surface area is 80.2 Å². The van der Waals surface area contributed by atoms with E-state index in [9.17, 15) is 0 Å². The zero-order valence-corrected chi connectivity index (χ0v) is 8.38. The molecule has 0 radical (unpaired) electrons. The Morgan fingerprint density at radius 3 is 2.92 bits per heavy atom. The number of ether oxygens (including phenoxy) is 1. The number of hydrogen-bond donors (Lipinski definition) is 2. The van der Waals surface area contributed by atoms with Crippen molar-refractivity contribution >= 4 is 0 Å². The van der Waals surface area contributed by atoms with Crippen LogP contribution < -0.4 is 10.6 Å². The second kappa shape index (κ2) is 4.40. The van der Waals surface area contributed by atoms with Crippen LogP contribution >= 0.6 is 0 Å². The number of hydrogen-bond acceptors (Lipinski definition) is 3. The first-order chi connectivity index (χ1) is 6.34. The van der Waals surface area contributed by atoms with Gasteiger partial charge in [-0.1, -0.05) is 0 Å². The molecule has 0 amide bonds. The molecule has 3 atom stereocenters. The predicted octanol–water partition coefficient (Wildman–Crippen LogP) is 0.505. The van der Waals surface area contributed by atoms with Gasteiger partial charge in [-0.05, 0) is 32.7 Å². The molecule has 76 valence electrons. The second-order valence-electron chi connectivity index (χ2n) is 4.30. The Morgan fingerprint density at radius 2 is 2.23 bits per heavy atom. The summed E-state index contributed by atoms with van der Waals surface area (Å²) in [4.78, 5) is 0. The fourth-order valence-corrected chi connectivity index (χ4v) is 2.28. The molecule has 2 N–H and O–H groups in total. The average molecular weight is 184 g/mol. The van der Waals surface area contributed by atoms with Gasteiger partial charge < -0.3 is 15.4 Å². The lowest BCUT2D eigenvalue weighted by Gasteiger charge is -2.30. The van der Waals surface area contributed by atoms with Crippen LogP contribution in [0.15, 0.2) is 0 Å². The maximum absolute atomic E-state index is 5.35. The van der Waals surface area contributed by atoms with Crippen LogP contribution in [0.2, 0.25) is 0 Å². The summed E-state index contributed by atoms with van der Waals surface area (Å²) in [6, 6.07) is 2.01. The van der Waals surface area contributed by atoms with Crippen LogP contribution in [0, 0.1) is 0 Å². The van der Waals surface area contributed by atoms with Crippen LogP contribution in [0.3, 0.4) is 0 Å². The standard InChI is InChI=1S/C10H20N2O/c1-8-6-9(2-4-11-8)12-10-3-5-13-7-10/h8-12H,2-7H2,1H3/t8-,9-,10-/m1/s1. The first kappa shape index (κ1) is 9.44. The van der Waals surface area contributed by atoms with Gasteiger partial charge in [-0.3, -0.25) is 0 Å². The highest BCUT2D eigenvalue weighted by atomic mass is 16.5. The molecule has 13 heavy (non-hydrogen) atoms. The zero-order valence-electron chi connectivity index (χ0n) is 8.38. The summed E-state index contributed by atoms with van der Waals surface area (Å²) in [7, 11) is 0. The van der Waals surface area contributed by atoms with Crippen LogP contribution in [0.5, 0.6) is 0 Å². The zero-order chi connectivity index (χ0) is 9.10. The maximum atomic E-state index is 5.35. The summed E-state index contributed by atoms with van der Waals surface area (Å²) < 4.78 is 5.35. The van der Waals surface area contributed by atoms with E-state index in [1.54, 1.807) is 0 Å². The van der Waals surface area contributed by atoms with Gasteiger partial charge in [0.1, 0.15) is 0 Å². The lowest BCUT2D eigenvalue weighted by molar-refractivity contribution is 0.185. The van der Waals surface area contributed by atoms with Crippen molar-refractivity contribution in [3.05, 3.63) is 0 Å². The smallest absolute Gasteiger partial charge is 0.0620 e. The number of rotatable bonds is 2. The minimum Gasteiger partial charge on any atom is -0.380 e. The maximum Gasteiger partial charge on any atom is 0.0620 e. The number of piperidine rings is 1. The molecule has 2 aliphatic heterocycles. The highest BCUT2D eigenvalue weighted by Crippen LogP contribution is 2.12. The van der Waals surface area contributed by atoms with E-state index < -0.39 is 0 Å². The summed E-state index contributed by atoms with van der Waals surface area (Å²) in [6.07, 6.45) is 3.72. The largest absolute Gasteiger partial charge is 0.380 e. The number of nitrogens with one attached hydrogen (secondary N) is 2. The molecule has 0 aromatic rings. The van der Waals surface area contributed by atoms with E-state index in [1.807, 2.05) is 0 Å². The molecule has 0 bridgehead atoms. The first-order valence-electron chi connectivity index (χ1n) is 5.42. The molecule has 2 fully saturated rings. The fraction of sp³-hybridized carbons (Fsp3) is 1.00. The highest BCUT2D eigenvalue weighted by Gasteiger charge is 2.23. The van der Waals surface area contributed by atoms with Gasteiger partial charge in [0.15, 0.2) is 0 Å². The molecule has 0 unspecified atom stereocenters. The summed E-state index contributed by atoms with van der Waals surface area (Å²) in [5.74, 6) is 0. The van der Waals surface area contributed by atoms with Gasteiger partial charge in [-0.2, -0.15) is 0 Å². The van der Waals surface area contributed by atoms with Crippen LogP contribution in [0.25, 0.3) is 0 Å². The minimum atomic E-state index is 0.621. The summed E-state index contributed by atoms with van der Waals surface area (Å²) in [6.45, 7) is 5.28. The van der Waals surface area contributed by atoms with Gasteiger partial charge in [-0.25, -0.2) is 0 Å². The molecular formula is C10H20N2O. The van der Waals surface area contributed by atoms with Crippen molar-refractivity contribution in [1.29, 1.82) is 0 Å². The highest BCUT2D eigenvalue weighted by molar-refractivity contribution is 4.83. The van der Waals surface area contributed by atoms with Crippen LogP contribution in [-0.4, -0.2) is 37.9 Å². The van der Waals surface area contributed by atoms with Gasteiger partial charge in [0.25, 0.3) is 0 Å². The molecule has 0 spiro atoms. The van der Waals surface area contributed by atoms with Crippen molar-refractivity contribution in [2.75, 3.05) is 19.8 Å². The van der Waals surface area contributed by atoms with Gasteiger partial charge in [0.05, 0.1) is 6.61 Å². The van der Waals surface area contributed by atoms with E-state index in [-0.39, 0.29) is 0 Å². The van der Waals surface area contributed by atoms with Crippen molar-refractivity contribution in [3.63, 3.8) is 0 Å². The molecule has 2 saturated heterocycles. The third-order valence-corrected chi connectivity index (χ3v) is 3.02. The molecular weight excluding hydrogens is 164 g/mol. The van der Waals surface area contributed by atoms with Crippen LogP contribution in [-0.2, 0) is 4.74 Å². The lowest BCUT2D eigenvalue weighted by atomic mass is 9.99. The van der Waals surface area contributed by atoms with Gasteiger partial charge in [0.2, 0.25) is 0 Å². The van der Waals surface area contributed by atoms with E-state index in [0.29, 0.717) is 18.1 Å². The van der Waals surface area contributed by atoms with Crippen molar-refractivity contribution < 1.29 is 4.74 Å². The molecule has 2 rings (SSSR count). The fourth-order valence-electron chi connectivity index (χ4n) is 2.28. The third kappa shape index (κ3) is 2.66. The van der Waals surface area contributed by atoms with E-state index in [4.69, 9.17) is 4.74 Å². The van der Waals surface area contributed by atoms with E-state index in [1.165, 1.54) is 19.3 Å². The van der Waals surface area contributed by atoms with Crippen molar-refractivity contribution in [1.82, 2.24) is 10.6 Å². The lowest BCUT2D eigenvalue weighted by Crippen LogP contribution is -2.48. The van der Waals surface area contributed by atoms with Crippen molar-refractivity contribution in [2.24, 2.45) is 0 Å². The molecule has 2 aliphatic rings. The molecule has 2 heterocycles. The van der Waals surface area contributed by atoms with E-state index >= 15 is 0 Å². The van der Waals surface area contributed by atoms with E-state index in [2.05, 4.69) is 17.6 Å².